The highest BCUT2D eigenvalue weighted by molar-refractivity contribution is 5.91. The first-order valence-electron chi connectivity index (χ1n) is 9.63. The number of nitrogens with zero attached hydrogens (tertiary/aromatic N) is 4. The van der Waals surface area contributed by atoms with Crippen molar-refractivity contribution >= 4 is 11.9 Å². The van der Waals surface area contributed by atoms with Crippen LogP contribution in [0.15, 0.2) is 57.0 Å². The first-order chi connectivity index (χ1) is 13.7. The number of unbranched alkanes of at least 4 members (excludes halogenated alkanes) is 1. The molecule has 3 rings (SSSR count). The van der Waals surface area contributed by atoms with Gasteiger partial charge in [0.15, 0.2) is 11.7 Å². The lowest BCUT2D eigenvalue weighted by atomic mass is 10.3. The van der Waals surface area contributed by atoms with Gasteiger partial charge in [0, 0.05) is 58.6 Å². The molecule has 150 valence electrons. The number of hydrogen-bond donors (Lipinski definition) is 1. The zero-order valence-corrected chi connectivity index (χ0v) is 16.2. The topological polar surface area (TPSA) is 83.1 Å². The molecule has 8 nitrogen and oxygen atoms in total. The Morgan fingerprint density at radius 1 is 1.11 bits per heavy atom. The van der Waals surface area contributed by atoms with Crippen molar-refractivity contribution in [3.63, 3.8) is 0 Å². The van der Waals surface area contributed by atoms with Crippen molar-refractivity contribution in [2.75, 3.05) is 39.8 Å². The number of furan rings is 1. The Morgan fingerprint density at radius 3 is 2.57 bits per heavy atom. The van der Waals surface area contributed by atoms with Gasteiger partial charge in [-0.3, -0.25) is 14.6 Å². The smallest absolute Gasteiger partial charge is 0.289 e. The molecular formula is C20H27N5O3. The number of aromatic nitrogens is 1. The Bertz CT molecular complexity index is 836. The van der Waals surface area contributed by atoms with Crippen LogP contribution in [0.25, 0.3) is 0 Å². The van der Waals surface area contributed by atoms with Gasteiger partial charge in [-0.1, -0.05) is 6.07 Å². The average molecular weight is 385 g/mol. The second-order valence-electron chi connectivity index (χ2n) is 6.67. The summed E-state index contributed by atoms with van der Waals surface area (Å²) < 4.78 is 6.92. The Morgan fingerprint density at radius 2 is 1.89 bits per heavy atom. The molecule has 8 heteroatoms. The highest BCUT2D eigenvalue weighted by Crippen LogP contribution is 2.09. The first-order valence-corrected chi connectivity index (χ1v) is 9.63. The number of amides is 1. The predicted molar refractivity (Wildman–Crippen MR) is 107 cm³/mol. The fourth-order valence-corrected chi connectivity index (χ4v) is 3.26. The number of aliphatic imine (C=N–C) groups is 1. The Kier molecular flexibility index (Phi) is 6.89. The van der Waals surface area contributed by atoms with Crippen LogP contribution in [0, 0.1) is 0 Å². The molecule has 1 N–H and O–H groups in total. The number of hydrogen-bond acceptors (Lipinski definition) is 4. The Hall–Kier alpha value is -3.03. The number of rotatable bonds is 6. The SMILES string of the molecule is CN=C(NCCCCn1ccccc1=O)N1CCN(C(=O)c2ccco2)CC1. The van der Waals surface area contributed by atoms with Crippen LogP contribution in [0.1, 0.15) is 23.4 Å². The molecule has 2 aromatic heterocycles. The number of carbonyl (C=O) groups excluding carboxylic acids is 1. The van der Waals surface area contributed by atoms with Gasteiger partial charge in [-0.25, -0.2) is 0 Å². The van der Waals surface area contributed by atoms with Gasteiger partial charge in [0.1, 0.15) is 0 Å². The van der Waals surface area contributed by atoms with Gasteiger partial charge < -0.3 is 24.1 Å². The summed E-state index contributed by atoms with van der Waals surface area (Å²) in [6.07, 6.45) is 5.19. The normalized spacial score (nSPS) is 15.0. The predicted octanol–water partition coefficient (Wildman–Crippen LogP) is 1.25. The van der Waals surface area contributed by atoms with Crippen LogP contribution in [0.5, 0.6) is 0 Å². The van der Waals surface area contributed by atoms with E-state index < -0.39 is 0 Å². The number of nitrogens with one attached hydrogen (secondary N) is 1. The van der Waals surface area contributed by atoms with Crippen LogP contribution in [0.3, 0.4) is 0 Å². The lowest BCUT2D eigenvalue weighted by molar-refractivity contribution is 0.0657. The lowest BCUT2D eigenvalue weighted by Gasteiger charge is -2.36. The van der Waals surface area contributed by atoms with Crippen molar-refractivity contribution in [2.45, 2.75) is 19.4 Å². The maximum atomic E-state index is 12.3. The van der Waals surface area contributed by atoms with Crippen molar-refractivity contribution < 1.29 is 9.21 Å². The van der Waals surface area contributed by atoms with Crippen molar-refractivity contribution in [2.24, 2.45) is 4.99 Å². The van der Waals surface area contributed by atoms with E-state index in [9.17, 15) is 9.59 Å². The van der Waals surface area contributed by atoms with Crippen LogP contribution in [-0.4, -0.2) is 66.0 Å². The molecule has 0 aliphatic carbocycles. The molecule has 0 saturated carbocycles. The summed E-state index contributed by atoms with van der Waals surface area (Å²) in [5.41, 5.74) is 0.0354. The summed E-state index contributed by atoms with van der Waals surface area (Å²) in [4.78, 5) is 32.3. The Balaban J connectivity index is 1.38. The molecule has 28 heavy (non-hydrogen) atoms. The first kappa shape index (κ1) is 19.7. The minimum Gasteiger partial charge on any atom is -0.459 e. The molecule has 1 aliphatic rings. The third-order valence-corrected chi connectivity index (χ3v) is 4.82. The number of guanidine groups is 1. The van der Waals surface area contributed by atoms with E-state index in [0.717, 1.165) is 38.4 Å². The van der Waals surface area contributed by atoms with Crippen molar-refractivity contribution in [3.05, 3.63) is 58.9 Å². The quantitative estimate of drug-likeness (QED) is 0.460. The van der Waals surface area contributed by atoms with Gasteiger partial charge in [0.25, 0.3) is 5.91 Å². The van der Waals surface area contributed by atoms with Crippen molar-refractivity contribution in [3.8, 4) is 0 Å². The van der Waals surface area contributed by atoms with E-state index in [1.807, 2.05) is 12.3 Å². The molecule has 0 bridgehead atoms. The number of aryl methyl sites for hydroxylation is 1. The average Bonchev–Trinajstić information content (AvgIpc) is 3.26. The van der Waals surface area contributed by atoms with E-state index in [2.05, 4.69) is 15.2 Å². The monoisotopic (exact) mass is 385 g/mol. The molecule has 0 spiro atoms. The summed E-state index contributed by atoms with van der Waals surface area (Å²) in [7, 11) is 1.77. The molecule has 2 aromatic rings. The molecule has 3 heterocycles. The number of piperazine rings is 1. The van der Waals surface area contributed by atoms with E-state index in [1.54, 1.807) is 40.8 Å². The minimum atomic E-state index is -0.0660. The van der Waals surface area contributed by atoms with Gasteiger partial charge in [-0.05, 0) is 31.0 Å². The third kappa shape index (κ3) is 5.03. The van der Waals surface area contributed by atoms with E-state index in [1.165, 1.54) is 6.26 Å². The minimum absolute atomic E-state index is 0.0354. The zero-order valence-electron chi connectivity index (χ0n) is 16.2. The molecule has 1 fully saturated rings. The standard InChI is InChI=1S/C20H27N5O3/c1-21-20(22-9-3-5-11-23-10-4-2-8-18(23)26)25-14-12-24(13-15-25)19(27)17-7-6-16-28-17/h2,4,6-8,10,16H,3,5,9,11-15H2,1H3,(H,21,22). The van der Waals surface area contributed by atoms with Crippen LogP contribution in [0.2, 0.25) is 0 Å². The summed E-state index contributed by atoms with van der Waals surface area (Å²) in [6, 6.07) is 8.63. The third-order valence-electron chi connectivity index (χ3n) is 4.82. The summed E-state index contributed by atoms with van der Waals surface area (Å²) in [5, 5.41) is 3.38. The van der Waals surface area contributed by atoms with Gasteiger partial charge in [0.2, 0.25) is 5.56 Å². The molecular weight excluding hydrogens is 358 g/mol. The van der Waals surface area contributed by atoms with Crippen LogP contribution in [-0.2, 0) is 6.54 Å². The van der Waals surface area contributed by atoms with Gasteiger partial charge in [-0.2, -0.15) is 0 Å². The Labute approximate surface area is 164 Å². The van der Waals surface area contributed by atoms with E-state index in [4.69, 9.17) is 4.42 Å². The maximum absolute atomic E-state index is 12.3. The fraction of sp³-hybridized carbons (Fsp3) is 0.450. The van der Waals surface area contributed by atoms with Crippen molar-refractivity contribution in [1.82, 2.24) is 19.7 Å². The highest BCUT2D eigenvalue weighted by Gasteiger charge is 2.24. The van der Waals surface area contributed by atoms with E-state index in [0.29, 0.717) is 25.4 Å². The molecule has 1 aliphatic heterocycles. The molecule has 0 unspecified atom stereocenters. The summed E-state index contributed by atoms with van der Waals surface area (Å²) in [6.45, 7) is 4.23. The van der Waals surface area contributed by atoms with Crippen LogP contribution >= 0.6 is 0 Å². The fourth-order valence-electron chi connectivity index (χ4n) is 3.26. The largest absolute Gasteiger partial charge is 0.459 e. The summed E-state index contributed by atoms with van der Waals surface area (Å²) >= 11 is 0. The molecule has 0 radical (unpaired) electrons. The number of pyridine rings is 1. The van der Waals surface area contributed by atoms with Crippen LogP contribution in [0.4, 0.5) is 0 Å². The molecule has 1 amide bonds. The highest BCUT2D eigenvalue weighted by atomic mass is 16.3. The van der Waals surface area contributed by atoms with Crippen LogP contribution < -0.4 is 10.9 Å². The maximum Gasteiger partial charge on any atom is 0.289 e. The van der Waals surface area contributed by atoms with Gasteiger partial charge >= 0.3 is 0 Å². The second kappa shape index (κ2) is 9.77. The van der Waals surface area contributed by atoms with E-state index in [-0.39, 0.29) is 11.5 Å². The molecule has 0 aromatic carbocycles. The lowest BCUT2D eigenvalue weighted by Crippen LogP contribution is -2.53. The van der Waals surface area contributed by atoms with E-state index >= 15 is 0 Å². The molecule has 0 atom stereocenters. The molecule has 1 saturated heterocycles. The summed E-state index contributed by atoms with van der Waals surface area (Å²) in [5.74, 6) is 1.17. The van der Waals surface area contributed by atoms with Crippen molar-refractivity contribution in [1.29, 1.82) is 0 Å². The van der Waals surface area contributed by atoms with Gasteiger partial charge in [-0.15, -0.1) is 0 Å². The number of carbonyl (C=O) groups is 1. The zero-order chi connectivity index (χ0) is 19.8. The second-order valence-corrected chi connectivity index (χ2v) is 6.67. The van der Waals surface area contributed by atoms with Gasteiger partial charge in [0.05, 0.1) is 6.26 Å².